The maximum atomic E-state index is 13.1. The van der Waals surface area contributed by atoms with Crippen molar-refractivity contribution in [3.05, 3.63) is 111 Å². The zero-order chi connectivity index (χ0) is 40.0. The summed E-state index contributed by atoms with van der Waals surface area (Å²) in [5.74, 6) is -0.163. The third-order valence-electron chi connectivity index (χ3n) is 10.5. The van der Waals surface area contributed by atoms with Crippen LogP contribution < -0.4 is 9.47 Å². The lowest BCUT2D eigenvalue weighted by atomic mass is 9.80. The van der Waals surface area contributed by atoms with Gasteiger partial charge in [-0.15, -0.1) is 0 Å². The Morgan fingerprint density at radius 2 is 1.84 bits per heavy atom. The molecule has 0 spiro atoms. The van der Waals surface area contributed by atoms with E-state index in [0.717, 1.165) is 60.2 Å². The van der Waals surface area contributed by atoms with E-state index in [-0.39, 0.29) is 24.6 Å². The topological polar surface area (TPSA) is 104 Å². The second-order valence-corrected chi connectivity index (χ2v) is 16.0. The number of aliphatic carboxylic acids is 1. The molecular weight excluding hydrogens is 798 g/mol. The molecule has 3 heterocycles. The van der Waals surface area contributed by atoms with Gasteiger partial charge in [-0.3, -0.25) is 9.36 Å². The molecule has 8 rings (SSSR count). The Bertz CT molecular complexity index is 2630. The molecule has 1 unspecified atom stereocenters. The molecule has 1 N–H and O–H groups in total. The van der Waals surface area contributed by atoms with E-state index in [9.17, 15) is 23.1 Å². The summed E-state index contributed by atoms with van der Waals surface area (Å²) in [5.41, 5.74) is 6.74. The van der Waals surface area contributed by atoms with Gasteiger partial charge in [-0.1, -0.05) is 72.8 Å². The van der Waals surface area contributed by atoms with E-state index in [0.29, 0.717) is 32.7 Å². The highest BCUT2D eigenvalue weighted by atomic mass is 35.5. The number of para-hydroxylation sites is 1. The molecule has 57 heavy (non-hydrogen) atoms. The fourth-order valence-electron chi connectivity index (χ4n) is 7.39. The van der Waals surface area contributed by atoms with Crippen LogP contribution in [0.4, 0.5) is 13.2 Å². The zero-order valence-corrected chi connectivity index (χ0v) is 33.1. The maximum absolute atomic E-state index is 13.1. The number of hydrogen-bond donors (Lipinski definition) is 1. The number of aryl methyl sites for hydroxylation is 1. The average Bonchev–Trinajstić information content (AvgIpc) is 3.86. The van der Waals surface area contributed by atoms with Gasteiger partial charge in [-0.25, -0.2) is 4.79 Å². The predicted molar refractivity (Wildman–Crippen MR) is 215 cm³/mol. The van der Waals surface area contributed by atoms with Crippen LogP contribution in [0.25, 0.3) is 43.4 Å². The Balaban J connectivity index is 1.16. The molecule has 0 radical (unpaired) electrons. The summed E-state index contributed by atoms with van der Waals surface area (Å²) in [6.07, 6.45) is -0.176. The number of halogens is 5. The van der Waals surface area contributed by atoms with Crippen LogP contribution >= 0.6 is 34.7 Å². The minimum Gasteiger partial charge on any atom is -0.487 e. The molecular formula is C42H36Cl2F3N5O4S. The highest BCUT2D eigenvalue weighted by Gasteiger charge is 2.30. The number of aromatic nitrogens is 5. The van der Waals surface area contributed by atoms with Crippen LogP contribution in [0.1, 0.15) is 41.6 Å². The average molecular weight is 835 g/mol. The van der Waals surface area contributed by atoms with Crippen LogP contribution in [-0.2, 0) is 37.8 Å². The highest BCUT2D eigenvalue weighted by molar-refractivity contribution is 7.13. The number of carboxylic acids is 1. The standard InChI is InChI=1S/C42H36Cl2F3N5O4S/c1-23-30(12-10-26(38(23)44)16-24-6-5-7-24)32-17-27(39-31-13-11-28(43)20-33(31)51(2)49-39)19-36-37(32)40(50-57-36)56-35(41(53)54)18-25-8-3-4-9-34(25)55-21-29-14-15-48-52(29)22-42(45,46)47/h3-4,8-15,17,19-20,24,35H,5-7,16,18,21-22H2,1-2H3,(H,53,54). The number of ether oxygens (including phenoxy) is 2. The van der Waals surface area contributed by atoms with Crippen LogP contribution in [0.3, 0.4) is 0 Å². The molecule has 3 aromatic heterocycles. The van der Waals surface area contributed by atoms with Gasteiger partial charge in [0, 0.05) is 40.7 Å². The number of benzene rings is 4. The second-order valence-electron chi connectivity index (χ2n) is 14.4. The number of carbonyl (C=O) groups is 1. The van der Waals surface area contributed by atoms with Gasteiger partial charge in [0.2, 0.25) is 12.0 Å². The lowest BCUT2D eigenvalue weighted by Crippen LogP contribution is -2.29. The highest BCUT2D eigenvalue weighted by Crippen LogP contribution is 2.45. The van der Waals surface area contributed by atoms with Gasteiger partial charge in [0.15, 0.2) is 0 Å². The Morgan fingerprint density at radius 3 is 2.60 bits per heavy atom. The van der Waals surface area contributed by atoms with Crippen molar-refractivity contribution in [2.75, 3.05) is 0 Å². The first-order valence-electron chi connectivity index (χ1n) is 18.3. The molecule has 7 aromatic rings. The molecule has 0 saturated heterocycles. The van der Waals surface area contributed by atoms with Crippen molar-refractivity contribution in [3.8, 4) is 34.0 Å². The van der Waals surface area contributed by atoms with E-state index < -0.39 is 24.8 Å². The second kappa shape index (κ2) is 15.7. The van der Waals surface area contributed by atoms with Crippen molar-refractivity contribution in [1.82, 2.24) is 23.9 Å². The Hall–Kier alpha value is -5.11. The predicted octanol–water partition coefficient (Wildman–Crippen LogP) is 10.9. The third kappa shape index (κ3) is 8.05. The molecule has 1 aliphatic rings. The van der Waals surface area contributed by atoms with Crippen LogP contribution in [0.2, 0.25) is 10.0 Å². The summed E-state index contributed by atoms with van der Waals surface area (Å²) in [4.78, 5) is 12.9. The van der Waals surface area contributed by atoms with Crippen LogP contribution in [0.5, 0.6) is 11.6 Å². The first kappa shape index (κ1) is 38.7. The summed E-state index contributed by atoms with van der Waals surface area (Å²) >= 11 is 14.6. The lowest BCUT2D eigenvalue weighted by molar-refractivity contribution is -0.145. The fourth-order valence-corrected chi connectivity index (χ4v) is 8.58. The smallest absolute Gasteiger partial charge is 0.408 e. The van der Waals surface area contributed by atoms with E-state index in [1.54, 1.807) is 28.9 Å². The Morgan fingerprint density at radius 1 is 1.04 bits per heavy atom. The van der Waals surface area contributed by atoms with E-state index in [4.69, 9.17) is 37.8 Å². The van der Waals surface area contributed by atoms with Gasteiger partial charge >= 0.3 is 12.1 Å². The first-order valence-corrected chi connectivity index (χ1v) is 19.9. The van der Waals surface area contributed by atoms with Crippen molar-refractivity contribution in [2.24, 2.45) is 13.0 Å². The van der Waals surface area contributed by atoms with E-state index in [1.165, 1.54) is 43.1 Å². The van der Waals surface area contributed by atoms with Crippen LogP contribution in [-0.4, -0.2) is 47.3 Å². The van der Waals surface area contributed by atoms with Gasteiger partial charge in [0.1, 0.15) is 24.6 Å². The lowest BCUT2D eigenvalue weighted by Gasteiger charge is -2.26. The molecule has 0 amide bonds. The Kier molecular flexibility index (Phi) is 10.7. The zero-order valence-electron chi connectivity index (χ0n) is 30.8. The first-order chi connectivity index (χ1) is 27.3. The number of alkyl halides is 3. The van der Waals surface area contributed by atoms with Gasteiger partial charge in [0.25, 0.3) is 0 Å². The monoisotopic (exact) mass is 833 g/mol. The van der Waals surface area contributed by atoms with Crippen LogP contribution in [0, 0.1) is 12.8 Å². The number of carboxylic acid groups (broad SMARTS) is 1. The largest absolute Gasteiger partial charge is 0.487 e. The molecule has 0 bridgehead atoms. The molecule has 294 valence electrons. The normalized spacial score (nSPS) is 13.9. The summed E-state index contributed by atoms with van der Waals surface area (Å²) in [5, 5.41) is 22.0. The molecule has 0 aliphatic heterocycles. The van der Waals surface area contributed by atoms with Gasteiger partial charge in [0.05, 0.1) is 21.3 Å². The number of hydrogen-bond acceptors (Lipinski definition) is 7. The van der Waals surface area contributed by atoms with Gasteiger partial charge in [-0.05, 0) is 101 Å². The Labute approximate surface area is 339 Å². The van der Waals surface area contributed by atoms with Crippen molar-refractivity contribution in [1.29, 1.82) is 0 Å². The van der Waals surface area contributed by atoms with Gasteiger partial charge in [-0.2, -0.15) is 27.7 Å². The molecule has 9 nitrogen and oxygen atoms in total. The summed E-state index contributed by atoms with van der Waals surface area (Å²) in [6, 6.07) is 22.0. The molecule has 1 atom stereocenters. The van der Waals surface area contributed by atoms with Crippen molar-refractivity contribution in [3.63, 3.8) is 0 Å². The molecule has 1 aliphatic carbocycles. The summed E-state index contributed by atoms with van der Waals surface area (Å²) < 4.78 is 59.6. The number of fused-ring (bicyclic) bond motifs is 2. The van der Waals surface area contributed by atoms with E-state index in [1.807, 2.05) is 44.3 Å². The van der Waals surface area contributed by atoms with Crippen LogP contribution in [0.15, 0.2) is 79.0 Å². The molecule has 1 saturated carbocycles. The molecule has 4 aromatic carbocycles. The van der Waals surface area contributed by atoms with Crippen molar-refractivity contribution in [2.45, 2.75) is 64.5 Å². The molecule has 15 heteroatoms. The molecule has 1 fully saturated rings. The quantitative estimate of drug-likeness (QED) is 0.123. The van der Waals surface area contributed by atoms with Crippen molar-refractivity contribution < 1.29 is 32.5 Å². The van der Waals surface area contributed by atoms with Crippen molar-refractivity contribution >= 4 is 61.7 Å². The number of nitrogens with zero attached hydrogens (tertiary/aromatic N) is 5. The number of rotatable bonds is 13. The third-order valence-corrected chi connectivity index (χ3v) is 12.1. The maximum Gasteiger partial charge on any atom is 0.408 e. The van der Waals surface area contributed by atoms with E-state index >= 15 is 0 Å². The van der Waals surface area contributed by atoms with Gasteiger partial charge < -0.3 is 14.6 Å². The summed E-state index contributed by atoms with van der Waals surface area (Å²) in [7, 11) is 1.86. The summed E-state index contributed by atoms with van der Waals surface area (Å²) in [6.45, 7) is 0.518. The fraction of sp³-hybridized carbons (Fsp3) is 0.286. The minimum absolute atomic E-state index is 0.122. The minimum atomic E-state index is -4.46. The van der Waals surface area contributed by atoms with E-state index in [2.05, 4.69) is 21.6 Å². The SMILES string of the molecule is Cc1c(-c2cc(-c3nn(C)c4cc(Cl)ccc34)cc3snc(OC(Cc4ccccc4OCc4ccnn4CC(F)(F)F)C(=O)O)c23)ccc(CC2CCC2)c1Cl.